The fourth-order valence-electron chi connectivity index (χ4n) is 1.98. The molecule has 0 aliphatic heterocycles. The molecule has 1 aromatic heterocycles. The van der Waals surface area contributed by atoms with E-state index in [0.717, 1.165) is 19.9 Å². The summed E-state index contributed by atoms with van der Waals surface area (Å²) in [4.78, 5) is 0. The lowest BCUT2D eigenvalue weighted by Gasteiger charge is -2.18. The van der Waals surface area contributed by atoms with Crippen LogP contribution in [0.25, 0.3) is 0 Å². The van der Waals surface area contributed by atoms with Crippen molar-refractivity contribution >= 4 is 43.2 Å². The van der Waals surface area contributed by atoms with Crippen molar-refractivity contribution in [3.8, 4) is 5.75 Å². The number of hydrogen-bond donors (Lipinski definition) is 1. The monoisotopic (exact) mass is 403 g/mol. The van der Waals surface area contributed by atoms with Gasteiger partial charge in [-0.25, -0.2) is 0 Å². The van der Waals surface area contributed by atoms with E-state index in [1.807, 2.05) is 12.1 Å². The van der Waals surface area contributed by atoms with Gasteiger partial charge in [-0.05, 0) is 67.7 Å². The number of thiophene rings is 1. The molecule has 2 nitrogen and oxygen atoms in total. The summed E-state index contributed by atoms with van der Waals surface area (Å²) in [6.45, 7) is 3.02. The van der Waals surface area contributed by atoms with Crippen LogP contribution in [0.5, 0.6) is 5.75 Å². The van der Waals surface area contributed by atoms with Crippen LogP contribution < -0.4 is 10.1 Å². The van der Waals surface area contributed by atoms with Gasteiger partial charge in [-0.2, -0.15) is 0 Å². The summed E-state index contributed by atoms with van der Waals surface area (Å²) in [5, 5.41) is 3.52. The lowest BCUT2D eigenvalue weighted by atomic mass is 10.0. The van der Waals surface area contributed by atoms with Gasteiger partial charge in [0.1, 0.15) is 5.75 Å². The van der Waals surface area contributed by atoms with E-state index in [0.29, 0.717) is 0 Å². The number of methoxy groups -OCH3 is 1. The number of halogens is 2. The van der Waals surface area contributed by atoms with E-state index in [1.54, 1.807) is 18.4 Å². The number of ether oxygens (including phenoxy) is 1. The zero-order valence-electron chi connectivity index (χ0n) is 10.7. The Kier molecular flexibility index (Phi) is 5.45. The summed E-state index contributed by atoms with van der Waals surface area (Å²) in [6.07, 6.45) is 0. The van der Waals surface area contributed by atoms with Crippen molar-refractivity contribution in [3.63, 3.8) is 0 Å². The second-order valence-electron chi connectivity index (χ2n) is 4.05. The molecule has 0 bridgehead atoms. The maximum atomic E-state index is 5.31. The molecule has 0 spiro atoms. The van der Waals surface area contributed by atoms with Gasteiger partial charge in [0.05, 0.1) is 20.7 Å². The summed E-state index contributed by atoms with van der Waals surface area (Å²) in [6, 6.07) is 10.5. The third-order valence-corrected chi connectivity index (χ3v) is 5.22. The number of benzene rings is 1. The molecule has 0 radical (unpaired) electrons. The van der Waals surface area contributed by atoms with Crippen LogP contribution in [-0.2, 0) is 0 Å². The van der Waals surface area contributed by atoms with Crippen LogP contribution in [0.4, 0.5) is 0 Å². The molecular formula is C14H15Br2NOS. The summed E-state index contributed by atoms with van der Waals surface area (Å²) < 4.78 is 7.58. The van der Waals surface area contributed by atoms with E-state index < -0.39 is 0 Å². The van der Waals surface area contributed by atoms with Crippen LogP contribution in [0.15, 0.2) is 37.9 Å². The fraction of sp³-hybridized carbons (Fsp3) is 0.286. The van der Waals surface area contributed by atoms with E-state index in [2.05, 4.69) is 62.3 Å². The van der Waals surface area contributed by atoms with Gasteiger partial charge in [-0.15, -0.1) is 11.3 Å². The summed E-state index contributed by atoms with van der Waals surface area (Å²) in [7, 11) is 1.69. The molecule has 2 aromatic rings. The predicted molar refractivity (Wildman–Crippen MR) is 88.2 cm³/mol. The lowest BCUT2D eigenvalue weighted by Crippen LogP contribution is -2.21. The molecule has 0 fully saturated rings. The van der Waals surface area contributed by atoms with Crippen molar-refractivity contribution in [1.29, 1.82) is 0 Å². The minimum atomic E-state index is 0.164. The molecule has 1 N–H and O–H groups in total. The summed E-state index contributed by atoms with van der Waals surface area (Å²) in [5.74, 6) is 0.880. The van der Waals surface area contributed by atoms with Gasteiger partial charge in [-0.1, -0.05) is 19.1 Å². The standard InChI is InChI=1S/C14H15Br2NOS/c1-3-17-13(11-8-12(15)19-14(11)16)9-5-4-6-10(7-9)18-2/h4-8,13,17H,3H2,1-2H3. The van der Waals surface area contributed by atoms with Crippen molar-refractivity contribution in [1.82, 2.24) is 5.32 Å². The molecule has 5 heteroatoms. The van der Waals surface area contributed by atoms with Crippen molar-refractivity contribution < 1.29 is 4.74 Å². The van der Waals surface area contributed by atoms with E-state index in [4.69, 9.17) is 4.74 Å². The zero-order chi connectivity index (χ0) is 13.8. The van der Waals surface area contributed by atoms with Crippen LogP contribution in [0.1, 0.15) is 24.1 Å². The topological polar surface area (TPSA) is 21.3 Å². The predicted octanol–water partition coefficient (Wildman–Crippen LogP) is 4.98. The Balaban J connectivity index is 2.41. The lowest BCUT2D eigenvalue weighted by molar-refractivity contribution is 0.413. The molecule has 1 aromatic carbocycles. The molecule has 102 valence electrons. The Labute approximate surface area is 134 Å². The molecule has 19 heavy (non-hydrogen) atoms. The third-order valence-electron chi connectivity index (χ3n) is 2.83. The quantitative estimate of drug-likeness (QED) is 0.758. The van der Waals surface area contributed by atoms with Gasteiger partial charge in [0.15, 0.2) is 0 Å². The van der Waals surface area contributed by atoms with E-state index in [9.17, 15) is 0 Å². The molecule has 0 amide bonds. The second kappa shape index (κ2) is 6.88. The molecule has 1 atom stereocenters. The summed E-state index contributed by atoms with van der Waals surface area (Å²) in [5.41, 5.74) is 2.44. The number of hydrogen-bond acceptors (Lipinski definition) is 3. The van der Waals surface area contributed by atoms with Crippen molar-refractivity contribution in [2.75, 3.05) is 13.7 Å². The first-order chi connectivity index (χ1) is 9.15. The van der Waals surface area contributed by atoms with Crippen LogP contribution >= 0.6 is 43.2 Å². The first-order valence-corrected chi connectivity index (χ1v) is 8.38. The Bertz CT molecular complexity index is 556. The molecule has 1 unspecified atom stereocenters. The molecule has 0 aliphatic carbocycles. The average Bonchev–Trinajstić information content (AvgIpc) is 2.75. The largest absolute Gasteiger partial charge is 0.497 e. The first kappa shape index (κ1) is 15.0. The van der Waals surface area contributed by atoms with Crippen LogP contribution in [0, 0.1) is 0 Å². The molecule has 0 aliphatic rings. The normalized spacial score (nSPS) is 12.4. The van der Waals surface area contributed by atoms with Crippen LogP contribution in [-0.4, -0.2) is 13.7 Å². The van der Waals surface area contributed by atoms with Crippen molar-refractivity contribution in [3.05, 3.63) is 49.0 Å². The van der Waals surface area contributed by atoms with Crippen LogP contribution in [0.2, 0.25) is 0 Å². The molecule has 0 saturated heterocycles. The Morgan fingerprint density at radius 1 is 1.32 bits per heavy atom. The fourth-order valence-corrected chi connectivity index (χ4v) is 4.88. The average molecular weight is 405 g/mol. The first-order valence-electron chi connectivity index (χ1n) is 5.97. The smallest absolute Gasteiger partial charge is 0.119 e. The van der Waals surface area contributed by atoms with E-state index in [1.165, 1.54) is 11.1 Å². The molecule has 1 heterocycles. The Hall–Kier alpha value is -0.360. The zero-order valence-corrected chi connectivity index (χ0v) is 14.7. The maximum Gasteiger partial charge on any atom is 0.119 e. The number of rotatable bonds is 5. The third kappa shape index (κ3) is 3.60. The molecule has 2 rings (SSSR count). The van der Waals surface area contributed by atoms with Gasteiger partial charge in [0.2, 0.25) is 0 Å². The summed E-state index contributed by atoms with van der Waals surface area (Å²) >= 11 is 8.87. The highest BCUT2D eigenvalue weighted by molar-refractivity contribution is 9.12. The maximum absolute atomic E-state index is 5.31. The molecule has 0 saturated carbocycles. The number of nitrogens with one attached hydrogen (secondary N) is 1. The van der Waals surface area contributed by atoms with Gasteiger partial charge >= 0.3 is 0 Å². The van der Waals surface area contributed by atoms with E-state index >= 15 is 0 Å². The van der Waals surface area contributed by atoms with E-state index in [-0.39, 0.29) is 6.04 Å². The van der Waals surface area contributed by atoms with Crippen LogP contribution in [0.3, 0.4) is 0 Å². The van der Waals surface area contributed by atoms with Gasteiger partial charge in [0.25, 0.3) is 0 Å². The van der Waals surface area contributed by atoms with Gasteiger partial charge in [0, 0.05) is 0 Å². The SMILES string of the molecule is CCNC(c1cccc(OC)c1)c1cc(Br)sc1Br. The highest BCUT2D eigenvalue weighted by Gasteiger charge is 2.18. The highest BCUT2D eigenvalue weighted by atomic mass is 79.9. The van der Waals surface area contributed by atoms with Gasteiger partial charge < -0.3 is 10.1 Å². The Morgan fingerprint density at radius 2 is 2.11 bits per heavy atom. The highest BCUT2D eigenvalue weighted by Crippen LogP contribution is 2.38. The minimum absolute atomic E-state index is 0.164. The Morgan fingerprint density at radius 3 is 2.68 bits per heavy atom. The van der Waals surface area contributed by atoms with Crippen molar-refractivity contribution in [2.24, 2.45) is 0 Å². The second-order valence-corrected chi connectivity index (χ2v) is 7.80. The van der Waals surface area contributed by atoms with Gasteiger partial charge in [-0.3, -0.25) is 0 Å². The minimum Gasteiger partial charge on any atom is -0.497 e. The van der Waals surface area contributed by atoms with Crippen molar-refractivity contribution in [2.45, 2.75) is 13.0 Å². The molecular weight excluding hydrogens is 390 g/mol.